The van der Waals surface area contributed by atoms with Gasteiger partial charge in [-0.25, -0.2) is 4.98 Å². The number of nitrogens with zero attached hydrogens (tertiary/aromatic N) is 2. The summed E-state index contributed by atoms with van der Waals surface area (Å²) in [6, 6.07) is 18.5. The van der Waals surface area contributed by atoms with Gasteiger partial charge in [-0.15, -0.1) is 5.73 Å². The molecule has 27 heavy (non-hydrogen) atoms. The third-order valence-corrected chi connectivity index (χ3v) is 4.41. The Hall–Kier alpha value is -3.29. The fourth-order valence-corrected chi connectivity index (χ4v) is 2.92. The van der Waals surface area contributed by atoms with Crippen LogP contribution in [-0.4, -0.2) is 9.55 Å². The lowest BCUT2D eigenvalue weighted by Crippen LogP contribution is -2.12. The van der Waals surface area contributed by atoms with E-state index in [1.165, 1.54) is 11.3 Å². The average molecular weight is 358 g/mol. The first-order valence-corrected chi connectivity index (χ1v) is 9.27. The van der Waals surface area contributed by atoms with Crippen LogP contribution in [0.2, 0.25) is 0 Å². The Labute approximate surface area is 162 Å². The van der Waals surface area contributed by atoms with E-state index in [1.54, 1.807) is 0 Å². The second-order valence-electron chi connectivity index (χ2n) is 6.23. The van der Waals surface area contributed by atoms with Crippen molar-refractivity contribution in [1.29, 1.82) is 0 Å². The van der Waals surface area contributed by atoms with Gasteiger partial charge < -0.3 is 5.32 Å². The van der Waals surface area contributed by atoms with Gasteiger partial charge in [0.1, 0.15) is 6.33 Å². The van der Waals surface area contributed by atoms with Crippen molar-refractivity contribution in [1.82, 2.24) is 14.9 Å². The average Bonchev–Trinajstić information content (AvgIpc) is 3.15. The van der Waals surface area contributed by atoms with Gasteiger partial charge in [0.05, 0.1) is 16.7 Å². The van der Waals surface area contributed by atoms with Crippen LogP contribution in [0.1, 0.15) is 26.8 Å². The molecule has 0 fully saturated rings. The van der Waals surface area contributed by atoms with Crippen LogP contribution in [0.15, 0.2) is 97.2 Å². The van der Waals surface area contributed by atoms with Crippen molar-refractivity contribution < 1.29 is 1.43 Å². The van der Waals surface area contributed by atoms with Crippen molar-refractivity contribution in [3.63, 3.8) is 0 Å². The molecule has 3 nitrogen and oxygen atoms in total. The maximum Gasteiger partial charge on any atom is 0.101 e. The number of benzene rings is 2. The molecule has 3 rings (SSSR count). The smallest absolute Gasteiger partial charge is 0.101 e. The zero-order chi connectivity index (χ0) is 18.9. The predicted molar refractivity (Wildman–Crippen MR) is 116 cm³/mol. The lowest BCUT2D eigenvalue weighted by Gasteiger charge is -2.09. The van der Waals surface area contributed by atoms with Gasteiger partial charge in [-0.3, -0.25) is 4.57 Å². The fourth-order valence-electron chi connectivity index (χ4n) is 2.92. The summed E-state index contributed by atoms with van der Waals surface area (Å²) >= 11 is 0. The highest BCUT2D eigenvalue weighted by molar-refractivity contribution is 5.80. The highest BCUT2D eigenvalue weighted by atomic mass is 15.0. The van der Waals surface area contributed by atoms with E-state index in [1.807, 2.05) is 41.2 Å². The largest absolute Gasteiger partial charge is 0.385 e. The molecule has 1 heterocycles. The van der Waals surface area contributed by atoms with E-state index in [0.29, 0.717) is 0 Å². The molecule has 0 spiro atoms. The van der Waals surface area contributed by atoms with Crippen molar-refractivity contribution in [2.24, 2.45) is 0 Å². The lowest BCUT2D eigenvalue weighted by molar-refractivity contribution is 0.767. The summed E-state index contributed by atoms with van der Waals surface area (Å²) in [5.74, 6) is 0. The van der Waals surface area contributed by atoms with Gasteiger partial charge in [0, 0.05) is 13.7 Å². The summed E-state index contributed by atoms with van der Waals surface area (Å²) in [6.07, 6.45) is 10.0. The standard InChI is InChI=1S/C24H25N3.H2/c1-3-21(25-18-20-12-6-5-7-13-20)14-8-9-15-22(4-2)27-19-26-23-16-10-11-17-24(23)27;/h5-7,9-17,19,25H,2-3,8,18H2,1H3;1H/b15-9?,21-14+;. The number of para-hydroxylation sites is 2. The SMILES string of the molecule is C=C=C(C=CC/C=C(\CC)NCc1ccccc1)n1cnc2ccccc21.[HH]. The number of nitrogens with one attached hydrogen (secondary N) is 1. The number of imidazole rings is 1. The number of allylic oxidation sites excluding steroid dienone is 5. The van der Waals surface area contributed by atoms with Crippen molar-refractivity contribution in [3.8, 4) is 0 Å². The van der Waals surface area contributed by atoms with Crippen molar-refractivity contribution in [2.45, 2.75) is 26.3 Å². The third-order valence-electron chi connectivity index (χ3n) is 4.41. The first kappa shape index (κ1) is 18.5. The van der Waals surface area contributed by atoms with Gasteiger partial charge in [0.15, 0.2) is 0 Å². The quantitative estimate of drug-likeness (QED) is 0.399. The van der Waals surface area contributed by atoms with E-state index in [-0.39, 0.29) is 1.43 Å². The Morgan fingerprint density at radius 1 is 1.19 bits per heavy atom. The minimum atomic E-state index is 0. The Kier molecular flexibility index (Phi) is 6.45. The van der Waals surface area contributed by atoms with E-state index in [4.69, 9.17) is 0 Å². The zero-order valence-corrected chi connectivity index (χ0v) is 15.7. The van der Waals surface area contributed by atoms with E-state index < -0.39 is 0 Å². The summed E-state index contributed by atoms with van der Waals surface area (Å²) in [7, 11) is 0. The molecule has 0 saturated carbocycles. The Balaban J connectivity index is 0.00000280. The van der Waals surface area contributed by atoms with Crippen molar-refractivity contribution in [3.05, 3.63) is 103 Å². The van der Waals surface area contributed by atoms with Gasteiger partial charge in [-0.2, -0.15) is 0 Å². The topological polar surface area (TPSA) is 29.9 Å². The van der Waals surface area contributed by atoms with Crippen LogP contribution in [0.5, 0.6) is 0 Å². The first-order chi connectivity index (χ1) is 13.3. The highest BCUT2D eigenvalue weighted by Crippen LogP contribution is 2.17. The van der Waals surface area contributed by atoms with Gasteiger partial charge >= 0.3 is 0 Å². The predicted octanol–water partition coefficient (Wildman–Crippen LogP) is 5.94. The van der Waals surface area contributed by atoms with Crippen LogP contribution in [0.4, 0.5) is 0 Å². The minimum absolute atomic E-state index is 0. The second kappa shape index (κ2) is 9.42. The van der Waals surface area contributed by atoms with Gasteiger partial charge in [-0.1, -0.05) is 68.1 Å². The molecule has 0 aliphatic carbocycles. The molecule has 0 atom stereocenters. The van der Waals surface area contributed by atoms with Gasteiger partial charge in [0.2, 0.25) is 0 Å². The molecule has 0 saturated heterocycles. The van der Waals surface area contributed by atoms with Crippen LogP contribution in [0, 0.1) is 0 Å². The van der Waals surface area contributed by atoms with Crippen molar-refractivity contribution in [2.75, 3.05) is 0 Å². The van der Waals surface area contributed by atoms with E-state index in [0.717, 1.165) is 36.1 Å². The van der Waals surface area contributed by atoms with Crippen molar-refractivity contribution >= 4 is 16.7 Å². The fraction of sp³-hybridized carbons (Fsp3) is 0.167. The Bertz CT molecular complexity index is 993. The zero-order valence-electron chi connectivity index (χ0n) is 15.7. The maximum absolute atomic E-state index is 4.43. The molecule has 0 unspecified atom stereocenters. The van der Waals surface area contributed by atoms with E-state index in [2.05, 4.69) is 72.0 Å². The molecule has 0 radical (unpaired) electrons. The normalized spacial score (nSPS) is 11.7. The van der Waals surface area contributed by atoms with Crippen LogP contribution < -0.4 is 5.32 Å². The molecule has 0 aliphatic heterocycles. The number of hydrogen-bond acceptors (Lipinski definition) is 2. The van der Waals surface area contributed by atoms with Crippen LogP contribution in [-0.2, 0) is 6.54 Å². The molecule has 3 heteroatoms. The molecular formula is C24H27N3. The van der Waals surface area contributed by atoms with Crippen LogP contribution in [0.25, 0.3) is 16.7 Å². The third kappa shape index (κ3) is 4.87. The van der Waals surface area contributed by atoms with E-state index in [9.17, 15) is 0 Å². The second-order valence-corrected chi connectivity index (χ2v) is 6.23. The molecule has 0 aliphatic rings. The number of hydrogen-bond donors (Lipinski definition) is 1. The summed E-state index contributed by atoms with van der Waals surface area (Å²) in [5.41, 5.74) is 8.47. The number of aromatic nitrogens is 2. The van der Waals surface area contributed by atoms with E-state index >= 15 is 0 Å². The molecule has 0 amide bonds. The molecule has 3 aromatic rings. The summed E-state index contributed by atoms with van der Waals surface area (Å²) in [5, 5.41) is 3.52. The first-order valence-electron chi connectivity index (χ1n) is 9.27. The Morgan fingerprint density at radius 3 is 2.74 bits per heavy atom. The number of rotatable bonds is 8. The summed E-state index contributed by atoms with van der Waals surface area (Å²) < 4.78 is 2.01. The lowest BCUT2D eigenvalue weighted by atomic mass is 10.2. The maximum atomic E-state index is 4.43. The molecule has 1 N–H and O–H groups in total. The molecule has 138 valence electrons. The highest BCUT2D eigenvalue weighted by Gasteiger charge is 2.03. The summed E-state index contributed by atoms with van der Waals surface area (Å²) in [4.78, 5) is 4.43. The van der Waals surface area contributed by atoms with Crippen LogP contribution in [0.3, 0.4) is 0 Å². The van der Waals surface area contributed by atoms with Gasteiger partial charge in [0.25, 0.3) is 0 Å². The minimum Gasteiger partial charge on any atom is -0.385 e. The summed E-state index contributed by atoms with van der Waals surface area (Å²) in [6.45, 7) is 6.84. The monoisotopic (exact) mass is 357 g/mol. The Morgan fingerprint density at radius 2 is 1.96 bits per heavy atom. The molecular weight excluding hydrogens is 330 g/mol. The molecule has 2 aromatic carbocycles. The molecule has 1 aromatic heterocycles. The molecule has 0 bridgehead atoms. The van der Waals surface area contributed by atoms with Crippen LogP contribution >= 0.6 is 0 Å². The number of fused-ring (bicyclic) bond motifs is 1. The van der Waals surface area contributed by atoms with Gasteiger partial charge in [-0.05, 0) is 36.6 Å².